The van der Waals surface area contributed by atoms with Crippen LogP contribution < -0.4 is 16.0 Å². The number of nitrogens with one attached hydrogen (secondary N) is 3. The number of aromatic nitrogens is 1. The lowest BCUT2D eigenvalue weighted by Gasteiger charge is -2.18. The molecule has 0 fully saturated rings. The van der Waals surface area contributed by atoms with Gasteiger partial charge in [0.05, 0.1) is 28.5 Å². The van der Waals surface area contributed by atoms with Gasteiger partial charge in [-0.15, -0.1) is 0 Å². The summed E-state index contributed by atoms with van der Waals surface area (Å²) >= 11 is 12.4. The largest absolute Gasteiger partial charge is 0.478 e. The fourth-order valence-electron chi connectivity index (χ4n) is 3.53. The molecule has 174 valence electrons. The van der Waals surface area contributed by atoms with Crippen LogP contribution in [0.3, 0.4) is 0 Å². The fraction of sp³-hybridized carbons (Fsp3) is 0.120. The van der Waals surface area contributed by atoms with E-state index in [0.717, 1.165) is 5.69 Å². The Bertz CT molecular complexity index is 1350. The highest BCUT2D eigenvalue weighted by atomic mass is 35.5. The van der Waals surface area contributed by atoms with Crippen LogP contribution in [-0.2, 0) is 6.54 Å². The fourth-order valence-corrected chi connectivity index (χ4v) is 3.92. The smallest absolute Gasteiger partial charge is 0.337 e. The number of carboxylic acid groups (broad SMARTS) is 1. The number of furan rings is 1. The minimum atomic E-state index is -1.01. The number of carboxylic acids is 1. The Hall–Kier alpha value is -3.68. The summed E-state index contributed by atoms with van der Waals surface area (Å²) in [5.74, 6) is 0.874. The Morgan fingerprint density at radius 1 is 1.06 bits per heavy atom. The van der Waals surface area contributed by atoms with E-state index in [4.69, 9.17) is 27.6 Å². The van der Waals surface area contributed by atoms with Crippen LogP contribution in [0, 0.1) is 6.92 Å². The molecule has 34 heavy (non-hydrogen) atoms. The monoisotopic (exact) mass is 496 g/mol. The van der Waals surface area contributed by atoms with E-state index in [9.17, 15) is 9.90 Å². The minimum Gasteiger partial charge on any atom is -0.478 e. The Morgan fingerprint density at radius 2 is 1.85 bits per heavy atom. The molecule has 2 aromatic carbocycles. The zero-order valence-electron chi connectivity index (χ0n) is 18.4. The molecule has 7 nitrogen and oxygen atoms in total. The number of nitrogens with zero attached hydrogens (tertiary/aromatic N) is 1. The van der Waals surface area contributed by atoms with Crippen molar-refractivity contribution in [1.29, 1.82) is 0 Å². The van der Waals surface area contributed by atoms with Gasteiger partial charge in [-0.05, 0) is 55.5 Å². The van der Waals surface area contributed by atoms with Gasteiger partial charge in [0.2, 0.25) is 0 Å². The summed E-state index contributed by atoms with van der Waals surface area (Å²) in [4.78, 5) is 16.2. The first-order valence-corrected chi connectivity index (χ1v) is 11.2. The summed E-state index contributed by atoms with van der Waals surface area (Å²) in [6.45, 7) is 2.22. The predicted octanol–water partition coefficient (Wildman–Crippen LogP) is 7.05. The molecule has 0 atom stereocenters. The maximum Gasteiger partial charge on any atom is 0.337 e. The molecule has 2 heterocycles. The van der Waals surface area contributed by atoms with Crippen LogP contribution in [-0.4, -0.2) is 23.1 Å². The van der Waals surface area contributed by atoms with Crippen molar-refractivity contribution in [2.75, 3.05) is 23.0 Å². The van der Waals surface area contributed by atoms with E-state index in [2.05, 4.69) is 20.9 Å². The number of pyridine rings is 1. The number of carbonyl (C=O) groups is 1. The first-order chi connectivity index (χ1) is 16.4. The molecule has 4 rings (SSSR count). The second-order valence-electron chi connectivity index (χ2n) is 7.50. The van der Waals surface area contributed by atoms with Crippen LogP contribution >= 0.6 is 23.2 Å². The third kappa shape index (κ3) is 5.11. The molecule has 0 spiro atoms. The number of benzene rings is 2. The summed E-state index contributed by atoms with van der Waals surface area (Å²) in [6.07, 6.45) is 0. The lowest BCUT2D eigenvalue weighted by molar-refractivity contribution is 0.0698. The van der Waals surface area contributed by atoms with Gasteiger partial charge in [0.25, 0.3) is 0 Å². The molecule has 0 aliphatic carbocycles. The Labute approximate surface area is 206 Å². The summed E-state index contributed by atoms with van der Waals surface area (Å²) < 4.78 is 5.99. The molecule has 4 N–H and O–H groups in total. The highest BCUT2D eigenvalue weighted by Crippen LogP contribution is 2.35. The molecule has 4 aromatic rings. The van der Waals surface area contributed by atoms with Crippen molar-refractivity contribution in [2.45, 2.75) is 13.5 Å². The molecule has 0 saturated carbocycles. The van der Waals surface area contributed by atoms with Crippen LogP contribution in [0.1, 0.15) is 21.8 Å². The third-order valence-corrected chi connectivity index (χ3v) is 5.67. The molecule has 0 bridgehead atoms. The number of para-hydroxylation sites is 1. The Balaban J connectivity index is 1.62. The molecule has 0 saturated heterocycles. The van der Waals surface area contributed by atoms with Crippen molar-refractivity contribution in [3.05, 3.63) is 87.7 Å². The normalized spacial score (nSPS) is 10.7. The number of aromatic carboxylic acids is 1. The van der Waals surface area contributed by atoms with Crippen molar-refractivity contribution in [3.63, 3.8) is 0 Å². The lowest BCUT2D eigenvalue weighted by atomic mass is 10.1. The number of hydrogen-bond donors (Lipinski definition) is 4. The van der Waals surface area contributed by atoms with Crippen molar-refractivity contribution < 1.29 is 14.3 Å². The van der Waals surface area contributed by atoms with E-state index in [-0.39, 0.29) is 5.56 Å². The summed E-state index contributed by atoms with van der Waals surface area (Å²) in [5.41, 5.74) is 3.47. The number of halogens is 2. The van der Waals surface area contributed by atoms with E-state index in [1.165, 1.54) is 0 Å². The first kappa shape index (κ1) is 23.5. The van der Waals surface area contributed by atoms with E-state index in [1.54, 1.807) is 49.5 Å². The predicted molar refractivity (Wildman–Crippen MR) is 137 cm³/mol. The Morgan fingerprint density at radius 3 is 2.62 bits per heavy atom. The quantitative estimate of drug-likeness (QED) is 0.207. The Kier molecular flexibility index (Phi) is 6.95. The van der Waals surface area contributed by atoms with Gasteiger partial charge in [-0.2, -0.15) is 0 Å². The minimum absolute atomic E-state index is 0.169. The van der Waals surface area contributed by atoms with Gasteiger partial charge in [0.1, 0.15) is 17.2 Å². The molecule has 0 unspecified atom stereocenters. The van der Waals surface area contributed by atoms with E-state index < -0.39 is 5.97 Å². The van der Waals surface area contributed by atoms with Crippen LogP contribution in [0.4, 0.5) is 22.9 Å². The molecule has 0 aliphatic heterocycles. The molecule has 2 aromatic heterocycles. The van der Waals surface area contributed by atoms with Crippen molar-refractivity contribution >= 4 is 52.1 Å². The zero-order valence-corrected chi connectivity index (χ0v) is 20.0. The highest BCUT2D eigenvalue weighted by Gasteiger charge is 2.16. The van der Waals surface area contributed by atoms with Crippen LogP contribution in [0.2, 0.25) is 10.0 Å². The van der Waals surface area contributed by atoms with E-state index in [1.807, 2.05) is 25.1 Å². The molecular formula is C25H22Cl2N4O3. The van der Waals surface area contributed by atoms with Gasteiger partial charge >= 0.3 is 5.97 Å². The second-order valence-corrected chi connectivity index (χ2v) is 8.35. The van der Waals surface area contributed by atoms with Gasteiger partial charge in [-0.3, -0.25) is 0 Å². The van der Waals surface area contributed by atoms with Crippen molar-refractivity contribution in [1.82, 2.24) is 4.98 Å². The lowest BCUT2D eigenvalue weighted by Crippen LogP contribution is -2.09. The zero-order chi connectivity index (χ0) is 24.2. The van der Waals surface area contributed by atoms with E-state index in [0.29, 0.717) is 56.6 Å². The summed E-state index contributed by atoms with van der Waals surface area (Å²) in [7, 11) is 1.77. The van der Waals surface area contributed by atoms with Crippen molar-refractivity contribution in [2.24, 2.45) is 0 Å². The van der Waals surface area contributed by atoms with Gasteiger partial charge in [-0.25, -0.2) is 9.78 Å². The summed E-state index contributed by atoms with van der Waals surface area (Å²) in [5, 5.41) is 20.3. The number of aryl methyl sites for hydroxylation is 1. The molecule has 0 amide bonds. The second kappa shape index (κ2) is 10.1. The molecular weight excluding hydrogens is 475 g/mol. The van der Waals surface area contributed by atoms with Crippen LogP contribution in [0.15, 0.2) is 65.1 Å². The standard InChI is InChI=1S/C25H22Cl2N4O3/c1-14-11-21(31-20-6-4-3-5-17(20)25(32)33)23(24(28-2)30-14)29-13-16-8-10-22(34-16)18-12-15(26)7-9-19(18)27/h3-12,29H,13H2,1-2H3,(H,32,33)(H2,28,30,31). The SMILES string of the molecule is CNc1nc(C)cc(Nc2ccccc2C(=O)O)c1NCc1ccc(-c2cc(Cl)ccc2Cl)o1. The highest BCUT2D eigenvalue weighted by molar-refractivity contribution is 6.35. The molecule has 0 radical (unpaired) electrons. The van der Waals surface area contributed by atoms with Gasteiger partial charge in [-0.1, -0.05) is 35.3 Å². The third-order valence-electron chi connectivity index (χ3n) is 5.11. The number of hydrogen-bond acceptors (Lipinski definition) is 6. The molecule has 0 aliphatic rings. The average molecular weight is 497 g/mol. The molecule has 9 heteroatoms. The van der Waals surface area contributed by atoms with E-state index >= 15 is 0 Å². The van der Waals surface area contributed by atoms with Gasteiger partial charge in [0, 0.05) is 23.3 Å². The summed E-state index contributed by atoms with van der Waals surface area (Å²) in [6, 6.07) is 17.5. The number of rotatable bonds is 8. The maximum atomic E-state index is 11.7. The number of anilines is 4. The average Bonchev–Trinajstić information content (AvgIpc) is 3.28. The van der Waals surface area contributed by atoms with Gasteiger partial charge in [0.15, 0.2) is 5.82 Å². The van der Waals surface area contributed by atoms with Crippen LogP contribution in [0.25, 0.3) is 11.3 Å². The maximum absolute atomic E-state index is 11.7. The van der Waals surface area contributed by atoms with Crippen molar-refractivity contribution in [3.8, 4) is 11.3 Å². The topological polar surface area (TPSA) is 99.4 Å². The van der Waals surface area contributed by atoms with Crippen LogP contribution in [0.5, 0.6) is 0 Å². The van der Waals surface area contributed by atoms with Gasteiger partial charge < -0.3 is 25.5 Å². The first-order valence-electron chi connectivity index (χ1n) is 10.4.